The van der Waals surface area contributed by atoms with Crippen LogP contribution in [0.15, 0.2) is 83.9 Å². The third-order valence-corrected chi connectivity index (χ3v) is 9.11. The Labute approximate surface area is 222 Å². The lowest BCUT2D eigenvalue weighted by atomic mass is 9.95. The van der Waals surface area contributed by atoms with Gasteiger partial charge in [0.1, 0.15) is 9.84 Å². The van der Waals surface area contributed by atoms with Crippen molar-refractivity contribution in [3.63, 3.8) is 0 Å². The lowest BCUT2D eigenvalue weighted by molar-refractivity contribution is -0.130. The second-order valence-corrected chi connectivity index (χ2v) is 13.8. The van der Waals surface area contributed by atoms with Crippen LogP contribution in [0.1, 0.15) is 23.6 Å². The van der Waals surface area contributed by atoms with E-state index in [4.69, 9.17) is 0 Å². The zero-order chi connectivity index (χ0) is 27.7. The quantitative estimate of drug-likeness (QED) is 0.245. The highest BCUT2D eigenvalue weighted by atomic mass is 32.2. The number of benzene rings is 3. The number of aromatic nitrogens is 1. The first-order chi connectivity index (χ1) is 17.8. The minimum absolute atomic E-state index is 0.0147. The number of pyridine rings is 1. The van der Waals surface area contributed by atoms with Crippen LogP contribution in [0.3, 0.4) is 0 Å². The maximum Gasteiger partial charge on any atom is 0.336 e. The van der Waals surface area contributed by atoms with Crippen LogP contribution in [-0.2, 0) is 30.9 Å². The van der Waals surface area contributed by atoms with E-state index >= 15 is 0 Å². The van der Waals surface area contributed by atoms with Gasteiger partial charge in [-0.05, 0) is 78.1 Å². The summed E-state index contributed by atoms with van der Waals surface area (Å²) in [6.07, 6.45) is 5.90. The maximum absolute atomic E-state index is 12.1. The van der Waals surface area contributed by atoms with Crippen molar-refractivity contribution in [1.82, 2.24) is 4.98 Å². The van der Waals surface area contributed by atoms with Gasteiger partial charge in [-0.1, -0.05) is 36.4 Å². The van der Waals surface area contributed by atoms with Crippen molar-refractivity contribution >= 4 is 48.2 Å². The summed E-state index contributed by atoms with van der Waals surface area (Å²) in [5.41, 5.74) is 4.24. The molecule has 0 saturated heterocycles. The van der Waals surface area contributed by atoms with Crippen LogP contribution in [0.4, 0.5) is 0 Å². The van der Waals surface area contributed by atoms with E-state index < -0.39 is 30.9 Å². The Morgan fingerprint density at radius 2 is 1.66 bits per heavy atom. The highest BCUT2D eigenvalue weighted by Gasteiger charge is 2.18. The standard InChI is InChI=1S/C29H27NO6S2/c1-19(37(2,33)34)14-21-16-24-8-5-13-30-28(24)26(18-21)23-7-4-6-20(15-23)17-27(29(31)32)22-9-11-25(12-10-22)38(3,35)36/h4-13,15-19H,14H2,1-3H3,(H,31,32)/b27-17+. The van der Waals surface area contributed by atoms with Crippen molar-refractivity contribution in [3.05, 3.63) is 95.7 Å². The number of carboxylic acid groups (broad SMARTS) is 1. The topological polar surface area (TPSA) is 118 Å². The molecule has 0 fully saturated rings. The Bertz CT molecular complexity index is 1770. The van der Waals surface area contributed by atoms with Gasteiger partial charge in [-0.3, -0.25) is 4.98 Å². The van der Waals surface area contributed by atoms with Crippen LogP contribution >= 0.6 is 0 Å². The molecule has 1 aromatic heterocycles. The molecule has 1 atom stereocenters. The first kappa shape index (κ1) is 27.2. The number of sulfone groups is 2. The molecule has 4 aromatic rings. The van der Waals surface area contributed by atoms with Crippen molar-refractivity contribution in [3.8, 4) is 11.1 Å². The number of carboxylic acids is 1. The fourth-order valence-corrected chi connectivity index (χ4v) is 5.31. The normalized spacial score (nSPS) is 13.4. The summed E-state index contributed by atoms with van der Waals surface area (Å²) in [7, 11) is -6.61. The van der Waals surface area contributed by atoms with Crippen LogP contribution in [0.2, 0.25) is 0 Å². The average molecular weight is 550 g/mol. The molecule has 196 valence electrons. The van der Waals surface area contributed by atoms with E-state index in [1.807, 2.05) is 42.5 Å². The number of fused-ring (bicyclic) bond motifs is 1. The third kappa shape index (κ3) is 6.17. The van der Waals surface area contributed by atoms with Gasteiger partial charge in [0.25, 0.3) is 0 Å². The molecule has 1 unspecified atom stereocenters. The van der Waals surface area contributed by atoms with Crippen LogP contribution in [0, 0.1) is 0 Å². The summed E-state index contributed by atoms with van der Waals surface area (Å²) in [5, 5.41) is 10.2. The first-order valence-electron chi connectivity index (χ1n) is 11.8. The first-order valence-corrected chi connectivity index (χ1v) is 15.6. The van der Waals surface area contributed by atoms with Crippen molar-refractivity contribution in [2.24, 2.45) is 0 Å². The van der Waals surface area contributed by atoms with Crippen LogP contribution in [0.5, 0.6) is 0 Å². The number of aliphatic carboxylic acids is 1. The van der Waals surface area contributed by atoms with Gasteiger partial charge in [-0.25, -0.2) is 21.6 Å². The summed E-state index contributed by atoms with van der Waals surface area (Å²) < 4.78 is 47.6. The largest absolute Gasteiger partial charge is 0.478 e. The van der Waals surface area contributed by atoms with Gasteiger partial charge in [0.05, 0.1) is 21.2 Å². The Morgan fingerprint density at radius 1 is 0.947 bits per heavy atom. The summed E-state index contributed by atoms with van der Waals surface area (Å²) in [6, 6.07) is 20.7. The molecular weight excluding hydrogens is 522 g/mol. The molecule has 9 heteroatoms. The van der Waals surface area contributed by atoms with E-state index in [0.717, 1.165) is 33.8 Å². The number of hydrogen-bond acceptors (Lipinski definition) is 6. The van der Waals surface area contributed by atoms with Gasteiger partial charge in [-0.15, -0.1) is 0 Å². The van der Waals surface area contributed by atoms with E-state index in [9.17, 15) is 26.7 Å². The average Bonchev–Trinajstić information content (AvgIpc) is 2.86. The highest BCUT2D eigenvalue weighted by molar-refractivity contribution is 7.91. The van der Waals surface area contributed by atoms with E-state index in [1.54, 1.807) is 19.2 Å². The molecule has 7 nitrogen and oxygen atoms in total. The Kier molecular flexibility index (Phi) is 7.53. The van der Waals surface area contributed by atoms with Crippen molar-refractivity contribution in [2.45, 2.75) is 23.5 Å². The van der Waals surface area contributed by atoms with E-state index in [0.29, 0.717) is 17.5 Å². The second-order valence-electron chi connectivity index (χ2n) is 9.35. The minimum atomic E-state index is -3.40. The molecule has 0 aliphatic carbocycles. The Balaban J connectivity index is 1.80. The molecule has 0 spiro atoms. The van der Waals surface area contributed by atoms with Crippen LogP contribution in [0.25, 0.3) is 33.7 Å². The van der Waals surface area contributed by atoms with Crippen molar-refractivity contribution < 1.29 is 26.7 Å². The van der Waals surface area contributed by atoms with Gasteiger partial charge in [0.2, 0.25) is 0 Å². The molecule has 1 heterocycles. The van der Waals surface area contributed by atoms with Crippen molar-refractivity contribution in [1.29, 1.82) is 0 Å². The van der Waals surface area contributed by atoms with Gasteiger partial charge in [-0.2, -0.15) is 0 Å². The summed E-state index contributed by atoms with van der Waals surface area (Å²) in [5.74, 6) is -1.15. The monoisotopic (exact) mass is 549 g/mol. The number of hydrogen-bond donors (Lipinski definition) is 1. The summed E-state index contributed by atoms with van der Waals surface area (Å²) in [4.78, 5) is 16.8. The molecule has 0 aliphatic heterocycles. The lowest BCUT2D eigenvalue weighted by Gasteiger charge is -2.14. The zero-order valence-corrected chi connectivity index (χ0v) is 22.8. The highest BCUT2D eigenvalue weighted by Crippen LogP contribution is 2.31. The maximum atomic E-state index is 12.1. The van der Waals surface area contributed by atoms with Gasteiger partial charge in [0, 0.05) is 29.7 Å². The molecule has 4 rings (SSSR count). The molecule has 0 radical (unpaired) electrons. The van der Waals surface area contributed by atoms with Gasteiger partial charge < -0.3 is 5.11 Å². The third-order valence-electron chi connectivity index (χ3n) is 6.35. The molecule has 38 heavy (non-hydrogen) atoms. The smallest absolute Gasteiger partial charge is 0.336 e. The summed E-state index contributed by atoms with van der Waals surface area (Å²) in [6.45, 7) is 1.68. The zero-order valence-electron chi connectivity index (χ0n) is 21.1. The van der Waals surface area contributed by atoms with E-state index in [1.165, 1.54) is 36.6 Å². The molecular formula is C29H27NO6S2. The molecule has 0 amide bonds. The van der Waals surface area contributed by atoms with E-state index in [-0.39, 0.29) is 10.5 Å². The Hall–Kier alpha value is -3.82. The SMILES string of the molecule is CC(Cc1cc(-c2cccc(/C=C(/C(=O)O)c3ccc(S(C)(=O)=O)cc3)c2)c2ncccc2c1)S(C)(=O)=O. The van der Waals surface area contributed by atoms with E-state index in [2.05, 4.69) is 4.98 Å². The van der Waals surface area contributed by atoms with Crippen molar-refractivity contribution in [2.75, 3.05) is 12.5 Å². The lowest BCUT2D eigenvalue weighted by Crippen LogP contribution is -2.18. The van der Waals surface area contributed by atoms with Crippen LogP contribution < -0.4 is 0 Å². The summed E-state index contributed by atoms with van der Waals surface area (Å²) >= 11 is 0. The molecule has 0 saturated carbocycles. The Morgan fingerprint density at radius 3 is 2.29 bits per heavy atom. The second kappa shape index (κ2) is 10.5. The fourth-order valence-electron chi connectivity index (χ4n) is 4.19. The molecule has 0 bridgehead atoms. The van der Waals surface area contributed by atoms with Gasteiger partial charge in [0.15, 0.2) is 9.84 Å². The number of carbonyl (C=O) groups is 1. The predicted molar refractivity (Wildman–Crippen MR) is 150 cm³/mol. The fraction of sp³-hybridized carbons (Fsp3) is 0.172. The molecule has 1 N–H and O–H groups in total. The molecule has 3 aromatic carbocycles. The number of nitrogens with zero attached hydrogens (tertiary/aromatic N) is 1. The number of rotatable bonds is 8. The minimum Gasteiger partial charge on any atom is -0.478 e. The predicted octanol–water partition coefficient (Wildman–Crippen LogP) is 4.91. The van der Waals surface area contributed by atoms with Gasteiger partial charge >= 0.3 is 5.97 Å². The van der Waals surface area contributed by atoms with Crippen LogP contribution in [-0.4, -0.2) is 50.7 Å². The molecule has 0 aliphatic rings.